The normalized spacial score (nSPS) is 30.4. The predicted octanol–water partition coefficient (Wildman–Crippen LogP) is 2.19. The van der Waals surface area contributed by atoms with Crippen molar-refractivity contribution in [3.8, 4) is 5.75 Å². The third-order valence-corrected chi connectivity index (χ3v) is 6.10. The number of ether oxygens (including phenoxy) is 1. The van der Waals surface area contributed by atoms with Gasteiger partial charge in [-0.2, -0.15) is 0 Å². The number of urea groups is 1. The van der Waals surface area contributed by atoms with E-state index in [4.69, 9.17) is 4.74 Å². The van der Waals surface area contributed by atoms with Crippen molar-refractivity contribution in [1.29, 1.82) is 0 Å². The maximum atomic E-state index is 12.7. The molecule has 2 fully saturated rings. The Labute approximate surface area is 147 Å². The minimum absolute atomic E-state index is 0.0805. The molecule has 2 heterocycles. The highest BCUT2D eigenvalue weighted by molar-refractivity contribution is 5.80. The Balaban J connectivity index is 1.41. The van der Waals surface area contributed by atoms with Crippen LogP contribution in [0.1, 0.15) is 30.4 Å². The zero-order chi connectivity index (χ0) is 17.6. The summed E-state index contributed by atoms with van der Waals surface area (Å²) in [6, 6.07) is 5.80. The highest BCUT2D eigenvalue weighted by Gasteiger charge is 2.55. The van der Waals surface area contributed by atoms with E-state index in [-0.39, 0.29) is 18.0 Å². The number of carbonyl (C=O) groups is 2. The Morgan fingerprint density at radius 3 is 3.00 bits per heavy atom. The SMILES string of the molecule is Cc1cccc2c1OCC(NC(=O)N1C[C@@H]3CCC[C@@]3(C(=O)O)C1)C2. The zero-order valence-corrected chi connectivity index (χ0v) is 14.5. The number of likely N-dealkylation sites (tertiary alicyclic amines) is 1. The number of para-hydroxylation sites is 1. The van der Waals surface area contributed by atoms with Crippen LogP contribution < -0.4 is 10.1 Å². The molecule has 0 radical (unpaired) electrons. The lowest BCUT2D eigenvalue weighted by molar-refractivity contribution is -0.149. The van der Waals surface area contributed by atoms with Crippen LogP contribution in [0.25, 0.3) is 0 Å². The predicted molar refractivity (Wildman–Crippen MR) is 91.7 cm³/mol. The van der Waals surface area contributed by atoms with Gasteiger partial charge in [-0.25, -0.2) is 4.79 Å². The van der Waals surface area contributed by atoms with E-state index in [0.29, 0.717) is 26.1 Å². The summed E-state index contributed by atoms with van der Waals surface area (Å²) in [6.45, 7) is 3.33. The van der Waals surface area contributed by atoms with E-state index in [1.54, 1.807) is 4.90 Å². The molecular formula is C19H24N2O4. The number of amides is 2. The lowest BCUT2D eigenvalue weighted by Gasteiger charge is -2.29. The molecule has 1 unspecified atom stereocenters. The number of aliphatic carboxylic acids is 1. The molecule has 25 heavy (non-hydrogen) atoms. The van der Waals surface area contributed by atoms with Gasteiger partial charge in [-0.3, -0.25) is 4.79 Å². The summed E-state index contributed by atoms with van der Waals surface area (Å²) >= 11 is 0. The number of hydrogen-bond donors (Lipinski definition) is 2. The topological polar surface area (TPSA) is 78.9 Å². The Hall–Kier alpha value is -2.24. The second-order valence-electron chi connectivity index (χ2n) is 7.66. The molecule has 6 nitrogen and oxygen atoms in total. The zero-order valence-electron chi connectivity index (χ0n) is 14.5. The molecule has 0 spiro atoms. The summed E-state index contributed by atoms with van der Waals surface area (Å²) in [5.74, 6) is 0.256. The van der Waals surface area contributed by atoms with Crippen LogP contribution in [0.5, 0.6) is 5.75 Å². The molecule has 3 aliphatic rings. The summed E-state index contributed by atoms with van der Waals surface area (Å²) in [5, 5.41) is 12.7. The van der Waals surface area contributed by atoms with Gasteiger partial charge in [0.15, 0.2) is 0 Å². The van der Waals surface area contributed by atoms with Crippen LogP contribution in [0.4, 0.5) is 4.79 Å². The fraction of sp³-hybridized carbons (Fsp3) is 0.579. The van der Waals surface area contributed by atoms with E-state index in [1.165, 1.54) is 0 Å². The third-order valence-electron chi connectivity index (χ3n) is 6.10. The molecule has 134 valence electrons. The Morgan fingerprint density at radius 1 is 1.40 bits per heavy atom. The first-order chi connectivity index (χ1) is 12.0. The second kappa shape index (κ2) is 5.93. The third kappa shape index (κ3) is 2.64. The molecule has 1 saturated carbocycles. The van der Waals surface area contributed by atoms with E-state index in [1.807, 2.05) is 25.1 Å². The van der Waals surface area contributed by atoms with Gasteiger partial charge in [-0.15, -0.1) is 0 Å². The van der Waals surface area contributed by atoms with Crippen LogP contribution >= 0.6 is 0 Å². The average molecular weight is 344 g/mol. The molecule has 0 aromatic heterocycles. The lowest BCUT2D eigenvalue weighted by atomic mass is 9.81. The van der Waals surface area contributed by atoms with Crippen molar-refractivity contribution in [2.24, 2.45) is 11.3 Å². The first kappa shape index (κ1) is 16.2. The fourth-order valence-corrected chi connectivity index (χ4v) is 4.74. The Kier molecular flexibility index (Phi) is 3.85. The summed E-state index contributed by atoms with van der Waals surface area (Å²) in [4.78, 5) is 26.1. The number of benzene rings is 1. The molecule has 2 N–H and O–H groups in total. The minimum Gasteiger partial charge on any atom is -0.491 e. The van der Waals surface area contributed by atoms with Gasteiger partial charge in [0, 0.05) is 13.1 Å². The molecule has 2 aliphatic heterocycles. The maximum Gasteiger partial charge on any atom is 0.317 e. The summed E-state index contributed by atoms with van der Waals surface area (Å²) in [7, 11) is 0. The van der Waals surface area contributed by atoms with E-state index >= 15 is 0 Å². The second-order valence-corrected chi connectivity index (χ2v) is 7.66. The Morgan fingerprint density at radius 2 is 2.24 bits per heavy atom. The van der Waals surface area contributed by atoms with Crippen molar-refractivity contribution in [3.63, 3.8) is 0 Å². The van der Waals surface area contributed by atoms with Crippen molar-refractivity contribution >= 4 is 12.0 Å². The largest absolute Gasteiger partial charge is 0.491 e. The number of carboxylic acids is 1. The summed E-state index contributed by atoms with van der Waals surface area (Å²) in [5.41, 5.74) is 1.49. The average Bonchev–Trinajstić information content (AvgIpc) is 3.13. The molecule has 1 aromatic rings. The van der Waals surface area contributed by atoms with Gasteiger partial charge in [-0.1, -0.05) is 24.6 Å². The quantitative estimate of drug-likeness (QED) is 0.862. The van der Waals surface area contributed by atoms with E-state index in [9.17, 15) is 14.7 Å². The first-order valence-electron chi connectivity index (χ1n) is 9.00. The number of carbonyl (C=O) groups excluding carboxylic acids is 1. The molecule has 4 rings (SSSR count). The van der Waals surface area contributed by atoms with Gasteiger partial charge in [0.2, 0.25) is 0 Å². The molecule has 2 amide bonds. The van der Waals surface area contributed by atoms with Crippen LogP contribution in [0.15, 0.2) is 18.2 Å². The molecule has 0 bridgehead atoms. The molecule has 1 aromatic carbocycles. The molecule has 1 aliphatic carbocycles. The number of nitrogens with one attached hydrogen (secondary N) is 1. The van der Waals surface area contributed by atoms with Crippen molar-refractivity contribution in [2.75, 3.05) is 19.7 Å². The van der Waals surface area contributed by atoms with Crippen molar-refractivity contribution < 1.29 is 19.4 Å². The fourth-order valence-electron chi connectivity index (χ4n) is 4.74. The van der Waals surface area contributed by atoms with E-state index in [2.05, 4.69) is 5.32 Å². The van der Waals surface area contributed by atoms with Gasteiger partial charge in [-0.05, 0) is 43.2 Å². The van der Waals surface area contributed by atoms with Crippen LogP contribution in [-0.2, 0) is 11.2 Å². The smallest absolute Gasteiger partial charge is 0.317 e. The number of carboxylic acid groups (broad SMARTS) is 1. The number of nitrogens with zero attached hydrogens (tertiary/aromatic N) is 1. The van der Waals surface area contributed by atoms with Crippen LogP contribution in [0.2, 0.25) is 0 Å². The molecular weight excluding hydrogens is 320 g/mol. The Bertz CT molecular complexity index is 719. The monoisotopic (exact) mass is 344 g/mol. The van der Waals surface area contributed by atoms with Crippen LogP contribution in [0, 0.1) is 18.3 Å². The number of fused-ring (bicyclic) bond motifs is 2. The molecule has 3 atom stereocenters. The van der Waals surface area contributed by atoms with Gasteiger partial charge in [0.25, 0.3) is 0 Å². The standard InChI is InChI=1S/C19H24N2O4/c1-12-4-2-5-13-8-15(10-25-16(12)13)20-18(24)21-9-14-6-3-7-19(14,11-21)17(22)23/h2,4-5,14-15H,3,6-11H2,1H3,(H,20,24)(H,22,23)/t14-,15?,19+/m0/s1. The number of rotatable bonds is 2. The maximum absolute atomic E-state index is 12.7. The first-order valence-corrected chi connectivity index (χ1v) is 9.00. The summed E-state index contributed by atoms with van der Waals surface area (Å²) in [6.07, 6.45) is 3.26. The van der Waals surface area contributed by atoms with Gasteiger partial charge >= 0.3 is 12.0 Å². The van der Waals surface area contributed by atoms with E-state index in [0.717, 1.165) is 36.1 Å². The summed E-state index contributed by atoms with van der Waals surface area (Å²) < 4.78 is 5.84. The molecule has 6 heteroatoms. The van der Waals surface area contributed by atoms with E-state index < -0.39 is 11.4 Å². The van der Waals surface area contributed by atoms with Crippen molar-refractivity contribution in [3.05, 3.63) is 29.3 Å². The number of aryl methyl sites for hydroxylation is 1. The van der Waals surface area contributed by atoms with Crippen molar-refractivity contribution in [2.45, 2.75) is 38.6 Å². The van der Waals surface area contributed by atoms with Gasteiger partial charge < -0.3 is 20.1 Å². The minimum atomic E-state index is -0.754. The van der Waals surface area contributed by atoms with Crippen molar-refractivity contribution in [1.82, 2.24) is 10.2 Å². The highest BCUT2D eigenvalue weighted by Crippen LogP contribution is 2.48. The van der Waals surface area contributed by atoms with Gasteiger partial charge in [0.05, 0.1) is 11.5 Å². The molecule has 1 saturated heterocycles. The van der Waals surface area contributed by atoms with Crippen LogP contribution in [0.3, 0.4) is 0 Å². The number of hydrogen-bond acceptors (Lipinski definition) is 3. The van der Waals surface area contributed by atoms with Crippen LogP contribution in [-0.4, -0.2) is 47.7 Å². The lowest BCUT2D eigenvalue weighted by Crippen LogP contribution is -2.49. The highest BCUT2D eigenvalue weighted by atomic mass is 16.5. The van der Waals surface area contributed by atoms with Gasteiger partial charge in [0.1, 0.15) is 12.4 Å².